The van der Waals surface area contributed by atoms with Gasteiger partial charge in [-0.3, -0.25) is 10.1 Å². The Bertz CT molecular complexity index is 484. The second-order valence-electron chi connectivity index (χ2n) is 4.09. The molecule has 96 valence electrons. The molecule has 2 rings (SSSR count). The molecule has 0 aliphatic rings. The highest BCUT2D eigenvalue weighted by molar-refractivity contribution is 7.99. The maximum atomic E-state index is 6.20. The third-order valence-electron chi connectivity index (χ3n) is 2.70. The van der Waals surface area contributed by atoms with Crippen molar-refractivity contribution in [2.75, 3.05) is 0 Å². The van der Waals surface area contributed by atoms with Crippen LogP contribution in [-0.2, 0) is 0 Å². The zero-order chi connectivity index (χ0) is 13.0. The van der Waals surface area contributed by atoms with Crippen LogP contribution in [-0.4, -0.2) is 26.2 Å². The first-order valence-electron chi connectivity index (χ1n) is 5.92. The van der Waals surface area contributed by atoms with Gasteiger partial charge in [0.25, 0.3) is 0 Å². The van der Waals surface area contributed by atoms with E-state index < -0.39 is 0 Å². The second kappa shape index (κ2) is 5.97. The van der Waals surface area contributed by atoms with Crippen LogP contribution in [0.15, 0.2) is 29.7 Å². The molecule has 5 nitrogen and oxygen atoms in total. The monoisotopic (exact) mass is 263 g/mol. The van der Waals surface area contributed by atoms with Crippen LogP contribution in [0.4, 0.5) is 0 Å². The van der Waals surface area contributed by atoms with Crippen molar-refractivity contribution in [3.8, 4) is 0 Å². The minimum absolute atomic E-state index is 0.0659. The first kappa shape index (κ1) is 13.0. The van der Waals surface area contributed by atoms with Crippen molar-refractivity contribution in [2.24, 2.45) is 5.73 Å². The van der Waals surface area contributed by atoms with Crippen LogP contribution in [0.3, 0.4) is 0 Å². The Hall–Kier alpha value is -1.40. The molecule has 2 unspecified atom stereocenters. The van der Waals surface area contributed by atoms with Gasteiger partial charge in [0.05, 0.1) is 5.25 Å². The molecule has 0 spiro atoms. The van der Waals surface area contributed by atoms with Gasteiger partial charge in [-0.1, -0.05) is 18.7 Å². The van der Waals surface area contributed by atoms with Gasteiger partial charge in [-0.15, -0.1) is 5.10 Å². The molecule has 18 heavy (non-hydrogen) atoms. The number of nitrogens with zero attached hydrogens (tertiary/aromatic N) is 3. The molecule has 6 heteroatoms. The molecule has 0 aliphatic heterocycles. The zero-order valence-corrected chi connectivity index (χ0v) is 11.3. The number of aromatic nitrogens is 4. The van der Waals surface area contributed by atoms with E-state index in [0.29, 0.717) is 0 Å². The highest BCUT2D eigenvalue weighted by Crippen LogP contribution is 2.35. The Kier molecular flexibility index (Phi) is 4.33. The maximum absolute atomic E-state index is 6.20. The number of thioether (sulfide) groups is 1. The molecule has 2 atom stereocenters. The van der Waals surface area contributed by atoms with Crippen molar-refractivity contribution in [3.05, 3.63) is 35.9 Å². The fraction of sp³-hybridized carbons (Fsp3) is 0.417. The van der Waals surface area contributed by atoms with E-state index in [2.05, 4.69) is 27.1 Å². The predicted molar refractivity (Wildman–Crippen MR) is 72.2 cm³/mol. The van der Waals surface area contributed by atoms with Gasteiger partial charge in [0.2, 0.25) is 5.16 Å². The summed E-state index contributed by atoms with van der Waals surface area (Å²) in [6, 6.07) is 4.05. The van der Waals surface area contributed by atoms with E-state index >= 15 is 0 Å². The summed E-state index contributed by atoms with van der Waals surface area (Å²) in [6.45, 7) is 3.97. The Morgan fingerprint density at radius 2 is 2.11 bits per heavy atom. The van der Waals surface area contributed by atoms with Crippen molar-refractivity contribution in [1.82, 2.24) is 20.2 Å². The van der Waals surface area contributed by atoms with E-state index in [-0.39, 0.29) is 11.3 Å². The summed E-state index contributed by atoms with van der Waals surface area (Å²) in [6.07, 6.45) is 4.48. The van der Waals surface area contributed by atoms with Gasteiger partial charge in [-0.05, 0) is 31.0 Å². The molecule has 2 aromatic heterocycles. The van der Waals surface area contributed by atoms with Gasteiger partial charge in [0.15, 0.2) is 0 Å². The molecule has 0 aliphatic carbocycles. The Morgan fingerprint density at radius 1 is 1.39 bits per heavy atom. The highest BCUT2D eigenvalue weighted by Gasteiger charge is 2.21. The van der Waals surface area contributed by atoms with Crippen molar-refractivity contribution in [1.29, 1.82) is 0 Å². The summed E-state index contributed by atoms with van der Waals surface area (Å²) in [5, 5.41) is 7.88. The lowest BCUT2D eigenvalue weighted by atomic mass is 10.1. The number of hydrogen-bond acceptors (Lipinski definition) is 5. The number of aryl methyl sites for hydroxylation is 1. The minimum atomic E-state index is 0.0659. The number of rotatable bonds is 5. The standard InChI is InChI=1S/C12H17N5S/c1-3-10(13)11(9-4-6-14-7-5-9)18-12-15-8(2)16-17-12/h4-7,10-11H,3,13H2,1-2H3,(H,15,16,17). The van der Waals surface area contributed by atoms with Gasteiger partial charge in [-0.2, -0.15) is 0 Å². The van der Waals surface area contributed by atoms with E-state index in [0.717, 1.165) is 23.0 Å². The van der Waals surface area contributed by atoms with Crippen molar-refractivity contribution < 1.29 is 0 Å². The van der Waals surface area contributed by atoms with Crippen LogP contribution >= 0.6 is 11.8 Å². The van der Waals surface area contributed by atoms with Gasteiger partial charge in [-0.25, -0.2) is 4.98 Å². The molecule has 2 aromatic rings. The fourth-order valence-corrected chi connectivity index (χ4v) is 2.83. The number of nitrogens with one attached hydrogen (secondary N) is 1. The van der Waals surface area contributed by atoms with Crippen molar-refractivity contribution >= 4 is 11.8 Å². The topological polar surface area (TPSA) is 80.5 Å². The molecule has 0 radical (unpaired) electrons. The Balaban J connectivity index is 2.21. The van der Waals surface area contributed by atoms with Gasteiger partial charge in [0.1, 0.15) is 5.82 Å². The third-order valence-corrected chi connectivity index (χ3v) is 3.97. The lowest BCUT2D eigenvalue weighted by Crippen LogP contribution is -2.25. The van der Waals surface area contributed by atoms with Crippen LogP contribution in [0.1, 0.15) is 30.0 Å². The van der Waals surface area contributed by atoms with Crippen molar-refractivity contribution in [2.45, 2.75) is 36.7 Å². The summed E-state index contributed by atoms with van der Waals surface area (Å²) >= 11 is 1.59. The minimum Gasteiger partial charge on any atom is -0.326 e. The number of H-pyrrole nitrogens is 1. The van der Waals surface area contributed by atoms with E-state index in [1.807, 2.05) is 19.1 Å². The zero-order valence-electron chi connectivity index (χ0n) is 10.5. The number of hydrogen-bond donors (Lipinski definition) is 2. The average molecular weight is 263 g/mol. The molecule has 0 aromatic carbocycles. The molecule has 0 amide bonds. The molecule has 0 fully saturated rings. The quantitative estimate of drug-likeness (QED) is 0.807. The maximum Gasteiger partial charge on any atom is 0.209 e. The average Bonchev–Trinajstić information content (AvgIpc) is 2.82. The molecular formula is C12H17N5S. The third kappa shape index (κ3) is 3.08. The van der Waals surface area contributed by atoms with Crippen molar-refractivity contribution in [3.63, 3.8) is 0 Å². The van der Waals surface area contributed by atoms with Crippen LogP contribution in [0.5, 0.6) is 0 Å². The van der Waals surface area contributed by atoms with E-state index in [9.17, 15) is 0 Å². The summed E-state index contributed by atoms with van der Waals surface area (Å²) in [7, 11) is 0. The molecular weight excluding hydrogens is 246 g/mol. The number of nitrogens with two attached hydrogens (primary N) is 1. The summed E-state index contributed by atoms with van der Waals surface area (Å²) < 4.78 is 0. The van der Waals surface area contributed by atoms with Gasteiger partial charge in [0, 0.05) is 18.4 Å². The largest absolute Gasteiger partial charge is 0.326 e. The van der Waals surface area contributed by atoms with Crippen LogP contribution in [0.2, 0.25) is 0 Å². The molecule has 0 bridgehead atoms. The van der Waals surface area contributed by atoms with Crippen LogP contribution in [0, 0.1) is 6.92 Å². The summed E-state index contributed by atoms with van der Waals surface area (Å²) in [5.74, 6) is 0.816. The molecule has 0 saturated heterocycles. The normalized spacial score (nSPS) is 14.4. The fourth-order valence-electron chi connectivity index (χ4n) is 1.66. The lowest BCUT2D eigenvalue weighted by Gasteiger charge is -2.21. The Labute approximate surface area is 111 Å². The lowest BCUT2D eigenvalue weighted by molar-refractivity contribution is 0.632. The van der Waals surface area contributed by atoms with Gasteiger partial charge >= 0.3 is 0 Å². The first-order valence-corrected chi connectivity index (χ1v) is 6.80. The SMILES string of the molecule is CCC(N)C(Sc1n[nH]c(C)n1)c1ccncc1. The first-order chi connectivity index (χ1) is 8.70. The van der Waals surface area contributed by atoms with E-state index in [1.54, 1.807) is 24.2 Å². The second-order valence-corrected chi connectivity index (χ2v) is 5.20. The van der Waals surface area contributed by atoms with Crippen LogP contribution in [0.25, 0.3) is 0 Å². The highest BCUT2D eigenvalue weighted by atomic mass is 32.2. The molecule has 3 N–H and O–H groups in total. The number of aromatic amines is 1. The van der Waals surface area contributed by atoms with Crippen LogP contribution < -0.4 is 5.73 Å². The smallest absolute Gasteiger partial charge is 0.209 e. The summed E-state index contributed by atoms with van der Waals surface area (Å²) in [4.78, 5) is 8.35. The number of pyridine rings is 1. The molecule has 0 saturated carbocycles. The predicted octanol–water partition coefficient (Wildman–Crippen LogP) is 2.08. The molecule has 2 heterocycles. The Morgan fingerprint density at radius 3 is 2.67 bits per heavy atom. The van der Waals surface area contributed by atoms with Gasteiger partial charge < -0.3 is 5.73 Å². The van der Waals surface area contributed by atoms with E-state index in [1.165, 1.54) is 0 Å². The van der Waals surface area contributed by atoms with E-state index in [4.69, 9.17) is 5.73 Å². The summed E-state index contributed by atoms with van der Waals surface area (Å²) in [5.41, 5.74) is 7.36.